The summed E-state index contributed by atoms with van der Waals surface area (Å²) < 4.78 is 13.9. The zero-order valence-electron chi connectivity index (χ0n) is 10.5. The predicted molar refractivity (Wildman–Crippen MR) is 70.9 cm³/mol. The minimum atomic E-state index is -0.857. The topological polar surface area (TPSA) is 46.2 Å². The fraction of sp³-hybridized carbons (Fsp3) is 0.571. The van der Waals surface area contributed by atoms with Crippen molar-refractivity contribution in [2.24, 2.45) is 17.1 Å². The summed E-state index contributed by atoms with van der Waals surface area (Å²) >= 11 is 5.73. The number of halogens is 2. The molecule has 0 bridgehead atoms. The molecule has 1 aromatic rings. The molecule has 1 aromatic carbocycles. The number of benzene rings is 1. The van der Waals surface area contributed by atoms with E-state index in [-0.39, 0.29) is 0 Å². The van der Waals surface area contributed by atoms with Crippen LogP contribution in [0.3, 0.4) is 0 Å². The van der Waals surface area contributed by atoms with Gasteiger partial charge in [-0.05, 0) is 30.9 Å². The largest absolute Gasteiger partial charge is 0.388 e. The first-order chi connectivity index (χ1) is 8.48. The Morgan fingerprint density at radius 2 is 2.33 bits per heavy atom. The zero-order chi connectivity index (χ0) is 13.3. The molecule has 1 saturated carbocycles. The van der Waals surface area contributed by atoms with E-state index < -0.39 is 17.3 Å². The van der Waals surface area contributed by atoms with Crippen LogP contribution in [0.25, 0.3) is 0 Å². The van der Waals surface area contributed by atoms with Gasteiger partial charge in [0.05, 0.1) is 6.10 Å². The number of aliphatic hydroxyl groups excluding tert-OH is 1. The van der Waals surface area contributed by atoms with E-state index in [0.29, 0.717) is 23.0 Å². The van der Waals surface area contributed by atoms with Crippen molar-refractivity contribution in [1.82, 2.24) is 0 Å². The first-order valence-electron chi connectivity index (χ1n) is 6.31. The van der Waals surface area contributed by atoms with Crippen LogP contribution in [0, 0.1) is 17.2 Å². The number of rotatable bonds is 3. The molecule has 100 valence electrons. The standard InChI is InChI=1S/C14H19ClFNO/c1-9-4-5-14(7-9,8-17)13(18)11-3-2-10(15)6-12(11)16/h2-3,6,9,13,18H,4-5,7-8,17H2,1H3. The second-order valence-corrected chi connectivity index (χ2v) is 5.92. The summed E-state index contributed by atoms with van der Waals surface area (Å²) in [5, 5.41) is 10.8. The normalized spacial score (nSPS) is 29.5. The van der Waals surface area contributed by atoms with Crippen LogP contribution in [0.2, 0.25) is 5.02 Å². The highest BCUT2D eigenvalue weighted by Crippen LogP contribution is 2.49. The third-order valence-electron chi connectivity index (χ3n) is 4.13. The van der Waals surface area contributed by atoms with Crippen LogP contribution in [0.5, 0.6) is 0 Å². The molecule has 0 saturated heterocycles. The van der Waals surface area contributed by atoms with E-state index in [9.17, 15) is 9.50 Å². The van der Waals surface area contributed by atoms with Crippen LogP contribution in [-0.2, 0) is 0 Å². The highest BCUT2D eigenvalue weighted by molar-refractivity contribution is 6.30. The van der Waals surface area contributed by atoms with Gasteiger partial charge in [-0.25, -0.2) is 4.39 Å². The second-order valence-electron chi connectivity index (χ2n) is 5.48. The number of nitrogens with two attached hydrogens (primary N) is 1. The van der Waals surface area contributed by atoms with E-state index in [1.165, 1.54) is 6.07 Å². The van der Waals surface area contributed by atoms with Crippen molar-refractivity contribution in [3.63, 3.8) is 0 Å². The van der Waals surface area contributed by atoms with Gasteiger partial charge in [-0.1, -0.05) is 31.0 Å². The number of hydrogen-bond donors (Lipinski definition) is 2. The lowest BCUT2D eigenvalue weighted by Gasteiger charge is -2.33. The van der Waals surface area contributed by atoms with Crippen molar-refractivity contribution in [2.45, 2.75) is 32.3 Å². The molecule has 2 nitrogen and oxygen atoms in total. The van der Waals surface area contributed by atoms with Crippen LogP contribution < -0.4 is 5.73 Å². The molecule has 18 heavy (non-hydrogen) atoms. The lowest BCUT2D eigenvalue weighted by Crippen LogP contribution is -2.35. The summed E-state index contributed by atoms with van der Waals surface area (Å²) in [6.07, 6.45) is 1.86. The molecule has 1 aliphatic carbocycles. The van der Waals surface area contributed by atoms with Gasteiger partial charge in [0.2, 0.25) is 0 Å². The van der Waals surface area contributed by atoms with Gasteiger partial charge in [-0.15, -0.1) is 0 Å². The van der Waals surface area contributed by atoms with Gasteiger partial charge in [0, 0.05) is 22.5 Å². The van der Waals surface area contributed by atoms with Gasteiger partial charge < -0.3 is 10.8 Å². The Balaban J connectivity index is 2.32. The van der Waals surface area contributed by atoms with Crippen LogP contribution in [0.4, 0.5) is 4.39 Å². The maximum absolute atomic E-state index is 13.9. The summed E-state index contributed by atoms with van der Waals surface area (Å²) in [6, 6.07) is 4.40. The molecule has 0 radical (unpaired) electrons. The molecule has 0 spiro atoms. The predicted octanol–water partition coefficient (Wildman–Crippen LogP) is 3.28. The summed E-state index contributed by atoms with van der Waals surface area (Å²) in [5.41, 5.74) is 5.75. The van der Waals surface area contributed by atoms with Crippen LogP contribution in [0.15, 0.2) is 18.2 Å². The number of aliphatic hydroxyl groups is 1. The average molecular weight is 272 g/mol. The monoisotopic (exact) mass is 271 g/mol. The molecule has 2 rings (SSSR count). The lowest BCUT2D eigenvalue weighted by atomic mass is 9.76. The molecular weight excluding hydrogens is 253 g/mol. The summed E-state index contributed by atoms with van der Waals surface area (Å²) in [4.78, 5) is 0. The smallest absolute Gasteiger partial charge is 0.130 e. The first-order valence-corrected chi connectivity index (χ1v) is 6.69. The average Bonchev–Trinajstić information content (AvgIpc) is 2.71. The maximum atomic E-state index is 13.9. The second kappa shape index (κ2) is 5.16. The first kappa shape index (κ1) is 13.8. The van der Waals surface area contributed by atoms with E-state index in [1.54, 1.807) is 12.1 Å². The summed E-state index contributed by atoms with van der Waals surface area (Å²) in [7, 11) is 0. The summed E-state index contributed by atoms with van der Waals surface area (Å²) in [5.74, 6) is 0.0703. The minimum absolute atomic E-state index is 0.305. The Morgan fingerprint density at radius 1 is 1.61 bits per heavy atom. The molecule has 0 amide bonds. The molecule has 0 aliphatic heterocycles. The molecule has 1 fully saturated rings. The maximum Gasteiger partial charge on any atom is 0.130 e. The molecule has 0 heterocycles. The molecule has 0 aromatic heterocycles. The molecule has 1 aliphatic rings. The van der Waals surface area contributed by atoms with Gasteiger partial charge in [0.15, 0.2) is 0 Å². The van der Waals surface area contributed by atoms with Crippen LogP contribution >= 0.6 is 11.6 Å². The van der Waals surface area contributed by atoms with Crippen LogP contribution in [-0.4, -0.2) is 11.7 Å². The van der Waals surface area contributed by atoms with Crippen molar-refractivity contribution < 1.29 is 9.50 Å². The number of hydrogen-bond acceptors (Lipinski definition) is 2. The van der Waals surface area contributed by atoms with Gasteiger partial charge in [-0.3, -0.25) is 0 Å². The molecule has 3 atom stereocenters. The molecular formula is C14H19ClFNO. The van der Waals surface area contributed by atoms with E-state index in [2.05, 4.69) is 6.92 Å². The van der Waals surface area contributed by atoms with Gasteiger partial charge in [0.25, 0.3) is 0 Å². The van der Waals surface area contributed by atoms with Crippen molar-refractivity contribution in [2.75, 3.05) is 6.54 Å². The third-order valence-corrected chi connectivity index (χ3v) is 4.37. The van der Waals surface area contributed by atoms with Crippen LogP contribution in [0.1, 0.15) is 37.9 Å². The Kier molecular flexibility index (Phi) is 3.95. The Morgan fingerprint density at radius 3 is 2.83 bits per heavy atom. The fourth-order valence-electron chi connectivity index (χ4n) is 3.03. The highest BCUT2D eigenvalue weighted by Gasteiger charge is 2.43. The van der Waals surface area contributed by atoms with Crippen molar-refractivity contribution in [1.29, 1.82) is 0 Å². The fourth-order valence-corrected chi connectivity index (χ4v) is 3.19. The van der Waals surface area contributed by atoms with Gasteiger partial charge in [-0.2, -0.15) is 0 Å². The van der Waals surface area contributed by atoms with E-state index in [4.69, 9.17) is 17.3 Å². The van der Waals surface area contributed by atoms with E-state index in [1.807, 2.05) is 0 Å². The third kappa shape index (κ3) is 2.40. The Labute approximate surface area is 112 Å². The Bertz CT molecular complexity index is 440. The van der Waals surface area contributed by atoms with Gasteiger partial charge >= 0.3 is 0 Å². The molecule has 3 N–H and O–H groups in total. The summed E-state index contributed by atoms with van der Waals surface area (Å²) in [6.45, 7) is 2.52. The van der Waals surface area contributed by atoms with E-state index in [0.717, 1.165) is 19.3 Å². The molecule has 4 heteroatoms. The van der Waals surface area contributed by atoms with Crippen molar-refractivity contribution in [3.8, 4) is 0 Å². The van der Waals surface area contributed by atoms with Crippen molar-refractivity contribution in [3.05, 3.63) is 34.6 Å². The lowest BCUT2D eigenvalue weighted by molar-refractivity contribution is 0.0281. The Hall–Kier alpha value is -0.640. The zero-order valence-corrected chi connectivity index (χ0v) is 11.3. The minimum Gasteiger partial charge on any atom is -0.388 e. The quantitative estimate of drug-likeness (QED) is 0.886. The van der Waals surface area contributed by atoms with Gasteiger partial charge in [0.1, 0.15) is 5.82 Å². The van der Waals surface area contributed by atoms with Crippen molar-refractivity contribution >= 4 is 11.6 Å². The SMILES string of the molecule is CC1CCC(CN)(C(O)c2ccc(Cl)cc2F)C1. The highest BCUT2D eigenvalue weighted by atomic mass is 35.5. The van der Waals surface area contributed by atoms with E-state index >= 15 is 0 Å². The molecule has 3 unspecified atom stereocenters.